The number of piperazine rings is 1. The Morgan fingerprint density at radius 3 is 2.69 bits per heavy atom. The summed E-state index contributed by atoms with van der Waals surface area (Å²) in [5.41, 5.74) is 7.82. The number of hydrogen-bond donors (Lipinski definition) is 2. The highest BCUT2D eigenvalue weighted by Crippen LogP contribution is 2.28. The molecule has 11 heteroatoms. The SMILES string of the molecule is COc1ccc2c(c1)c(C(N)=O)nn2-c1nc(Nc2cccc(N3CCN(C)CC3)c2)ncc1F. The molecule has 3 N–H and O–H groups in total. The Balaban J connectivity index is 1.48. The quantitative estimate of drug-likeness (QED) is 0.436. The van der Waals surface area contributed by atoms with Crippen LogP contribution in [0.2, 0.25) is 0 Å². The fraction of sp³-hybridized carbons (Fsp3) is 0.250. The number of nitrogens with two attached hydrogens (primary N) is 1. The van der Waals surface area contributed by atoms with Gasteiger partial charge in [0, 0.05) is 42.9 Å². The minimum atomic E-state index is -0.740. The molecule has 180 valence electrons. The van der Waals surface area contributed by atoms with Crippen molar-refractivity contribution in [2.45, 2.75) is 0 Å². The van der Waals surface area contributed by atoms with E-state index in [1.807, 2.05) is 18.2 Å². The van der Waals surface area contributed by atoms with E-state index in [2.05, 4.69) is 43.3 Å². The van der Waals surface area contributed by atoms with Crippen LogP contribution in [-0.4, -0.2) is 70.9 Å². The predicted molar refractivity (Wildman–Crippen MR) is 131 cm³/mol. The van der Waals surface area contributed by atoms with Crippen LogP contribution in [0.1, 0.15) is 10.5 Å². The molecule has 0 saturated carbocycles. The Labute approximate surface area is 201 Å². The van der Waals surface area contributed by atoms with Gasteiger partial charge < -0.3 is 25.6 Å². The number of amides is 1. The third-order valence-corrected chi connectivity index (χ3v) is 6.02. The Kier molecular flexibility index (Phi) is 5.91. The summed E-state index contributed by atoms with van der Waals surface area (Å²) in [4.78, 5) is 25.1. The number of primary amides is 1. The summed E-state index contributed by atoms with van der Waals surface area (Å²) in [5.74, 6) is -0.839. The highest BCUT2D eigenvalue weighted by atomic mass is 19.1. The van der Waals surface area contributed by atoms with E-state index in [-0.39, 0.29) is 17.5 Å². The van der Waals surface area contributed by atoms with Gasteiger partial charge >= 0.3 is 0 Å². The van der Waals surface area contributed by atoms with Crippen LogP contribution < -0.4 is 20.7 Å². The number of halogens is 1. The third-order valence-electron chi connectivity index (χ3n) is 6.02. The second kappa shape index (κ2) is 9.18. The fourth-order valence-electron chi connectivity index (χ4n) is 4.11. The topological polar surface area (TPSA) is 114 Å². The molecule has 3 heterocycles. The molecule has 35 heavy (non-hydrogen) atoms. The monoisotopic (exact) mass is 476 g/mol. The van der Waals surface area contributed by atoms with Crippen molar-refractivity contribution in [1.82, 2.24) is 24.6 Å². The van der Waals surface area contributed by atoms with Gasteiger partial charge in [0.05, 0.1) is 18.8 Å². The van der Waals surface area contributed by atoms with Crippen LogP contribution in [0.4, 0.5) is 21.7 Å². The lowest BCUT2D eigenvalue weighted by Crippen LogP contribution is -2.44. The molecule has 0 atom stereocenters. The maximum Gasteiger partial charge on any atom is 0.269 e. The molecule has 10 nitrogen and oxygen atoms in total. The first-order valence-corrected chi connectivity index (χ1v) is 11.1. The molecule has 2 aromatic heterocycles. The number of anilines is 3. The van der Waals surface area contributed by atoms with Crippen molar-refractivity contribution in [2.24, 2.45) is 5.73 Å². The molecule has 1 fully saturated rings. The van der Waals surface area contributed by atoms with Crippen molar-refractivity contribution < 1.29 is 13.9 Å². The standard InChI is InChI=1S/C24H25FN8O2/c1-31-8-10-32(11-9-31)16-5-3-4-15(12-16)28-24-27-14-19(25)23(29-24)33-20-7-6-17(35-2)13-18(20)21(30-33)22(26)34/h3-7,12-14H,8-11H2,1-2H3,(H2,26,34)(H,27,28,29). The number of fused-ring (bicyclic) bond motifs is 1. The van der Waals surface area contributed by atoms with Crippen molar-refractivity contribution in [3.8, 4) is 11.6 Å². The molecule has 0 bridgehead atoms. The molecule has 0 radical (unpaired) electrons. The number of carbonyl (C=O) groups is 1. The van der Waals surface area contributed by atoms with E-state index < -0.39 is 11.7 Å². The molecule has 0 unspecified atom stereocenters. The van der Waals surface area contributed by atoms with Gasteiger partial charge in [0.15, 0.2) is 17.3 Å². The van der Waals surface area contributed by atoms with Gasteiger partial charge in [-0.15, -0.1) is 0 Å². The smallest absolute Gasteiger partial charge is 0.269 e. The van der Waals surface area contributed by atoms with Crippen molar-refractivity contribution in [2.75, 3.05) is 50.6 Å². The average Bonchev–Trinajstić information content (AvgIpc) is 3.25. The lowest BCUT2D eigenvalue weighted by Gasteiger charge is -2.34. The Hall–Kier alpha value is -4.25. The van der Waals surface area contributed by atoms with Gasteiger partial charge in [-0.2, -0.15) is 10.1 Å². The maximum absolute atomic E-state index is 14.9. The number of hydrogen-bond acceptors (Lipinski definition) is 8. The minimum absolute atomic E-state index is 0.00806. The molecule has 1 saturated heterocycles. The summed E-state index contributed by atoms with van der Waals surface area (Å²) in [7, 11) is 3.63. The molecular weight excluding hydrogens is 451 g/mol. The van der Waals surface area contributed by atoms with Crippen molar-refractivity contribution >= 4 is 34.1 Å². The number of carbonyl (C=O) groups excluding carboxylic acids is 1. The Morgan fingerprint density at radius 2 is 1.94 bits per heavy atom. The number of rotatable bonds is 6. The molecule has 0 spiro atoms. The van der Waals surface area contributed by atoms with Gasteiger partial charge in [0.25, 0.3) is 5.91 Å². The summed E-state index contributed by atoms with van der Waals surface area (Å²) in [6.07, 6.45) is 1.07. The number of nitrogens with one attached hydrogen (secondary N) is 1. The van der Waals surface area contributed by atoms with E-state index >= 15 is 0 Å². The van der Waals surface area contributed by atoms with Crippen molar-refractivity contribution in [1.29, 1.82) is 0 Å². The highest BCUT2D eigenvalue weighted by molar-refractivity contribution is 6.04. The molecule has 2 aromatic carbocycles. The molecule has 1 aliphatic rings. The summed E-state index contributed by atoms with van der Waals surface area (Å²) in [6, 6.07) is 12.9. The zero-order valence-corrected chi connectivity index (χ0v) is 19.4. The molecule has 5 rings (SSSR count). The van der Waals surface area contributed by atoms with Gasteiger partial charge in [0.2, 0.25) is 5.95 Å². The van der Waals surface area contributed by atoms with Crippen LogP contribution in [0, 0.1) is 5.82 Å². The summed E-state index contributed by atoms with van der Waals surface area (Å²) in [6.45, 7) is 3.88. The Morgan fingerprint density at radius 1 is 1.14 bits per heavy atom. The first-order valence-electron chi connectivity index (χ1n) is 11.1. The second-order valence-electron chi connectivity index (χ2n) is 8.34. The molecule has 4 aromatic rings. The first kappa shape index (κ1) is 22.5. The van der Waals surface area contributed by atoms with E-state index in [1.165, 1.54) is 11.8 Å². The van der Waals surface area contributed by atoms with Crippen LogP contribution in [0.25, 0.3) is 16.7 Å². The van der Waals surface area contributed by atoms with E-state index in [1.54, 1.807) is 18.2 Å². The molecule has 1 aliphatic heterocycles. The second-order valence-corrected chi connectivity index (χ2v) is 8.34. The molecule has 0 aliphatic carbocycles. The van der Waals surface area contributed by atoms with Gasteiger partial charge in [-0.05, 0) is 43.4 Å². The number of aromatic nitrogens is 4. The zero-order valence-electron chi connectivity index (χ0n) is 19.4. The number of ether oxygens (including phenoxy) is 1. The molecule has 1 amide bonds. The third kappa shape index (κ3) is 4.45. The van der Waals surface area contributed by atoms with Gasteiger partial charge in [0.1, 0.15) is 5.75 Å². The van der Waals surface area contributed by atoms with E-state index in [4.69, 9.17) is 10.5 Å². The van der Waals surface area contributed by atoms with Crippen LogP contribution in [0.3, 0.4) is 0 Å². The number of benzene rings is 2. The normalized spacial score (nSPS) is 14.3. The van der Waals surface area contributed by atoms with Crippen molar-refractivity contribution in [3.05, 3.63) is 60.2 Å². The largest absolute Gasteiger partial charge is 0.497 e. The van der Waals surface area contributed by atoms with E-state index in [9.17, 15) is 9.18 Å². The summed E-state index contributed by atoms with van der Waals surface area (Å²) in [5, 5.41) is 7.82. The van der Waals surface area contributed by atoms with Crippen LogP contribution in [0.15, 0.2) is 48.7 Å². The van der Waals surface area contributed by atoms with Gasteiger partial charge in [-0.1, -0.05) is 6.07 Å². The minimum Gasteiger partial charge on any atom is -0.497 e. The molecular formula is C24H25FN8O2. The number of likely N-dealkylation sites (N-methyl/N-ethyl adjacent to an activating group) is 1. The lowest BCUT2D eigenvalue weighted by atomic mass is 10.2. The predicted octanol–water partition coefficient (Wildman–Crippen LogP) is 2.56. The van der Waals surface area contributed by atoms with Crippen molar-refractivity contribution in [3.63, 3.8) is 0 Å². The van der Waals surface area contributed by atoms with Crippen LogP contribution in [0.5, 0.6) is 5.75 Å². The Bertz CT molecular complexity index is 1400. The van der Waals surface area contributed by atoms with Gasteiger partial charge in [-0.3, -0.25) is 4.79 Å². The fourth-order valence-corrected chi connectivity index (χ4v) is 4.11. The number of nitrogens with zero attached hydrogens (tertiary/aromatic N) is 6. The zero-order chi connectivity index (χ0) is 24.5. The van der Waals surface area contributed by atoms with Gasteiger partial charge in [-0.25, -0.2) is 14.1 Å². The summed E-state index contributed by atoms with van der Waals surface area (Å²) < 4.78 is 21.3. The lowest BCUT2D eigenvalue weighted by molar-refractivity contribution is 0.0996. The highest BCUT2D eigenvalue weighted by Gasteiger charge is 2.20. The number of methoxy groups -OCH3 is 1. The summed E-state index contributed by atoms with van der Waals surface area (Å²) >= 11 is 0. The van der Waals surface area contributed by atoms with Crippen LogP contribution in [-0.2, 0) is 0 Å². The van der Waals surface area contributed by atoms with E-state index in [0.29, 0.717) is 16.7 Å². The van der Waals surface area contributed by atoms with E-state index in [0.717, 1.165) is 43.8 Å². The van der Waals surface area contributed by atoms with Crippen LogP contribution >= 0.6 is 0 Å². The average molecular weight is 477 g/mol. The maximum atomic E-state index is 14.9. The first-order chi connectivity index (χ1) is 16.9.